The van der Waals surface area contributed by atoms with E-state index in [0.717, 1.165) is 35.8 Å². The quantitative estimate of drug-likeness (QED) is 0.326. The number of carbonyl (C=O) groups excluding carboxylic acids is 1. The molecule has 3 aromatic carbocycles. The third-order valence-electron chi connectivity index (χ3n) is 7.09. The summed E-state index contributed by atoms with van der Waals surface area (Å²) in [4.78, 5) is 12.7. The van der Waals surface area contributed by atoms with Gasteiger partial charge in [0.1, 0.15) is 11.5 Å². The average Bonchev–Trinajstić information content (AvgIpc) is 3.79. The Labute approximate surface area is 250 Å². The maximum absolute atomic E-state index is 12.7. The van der Waals surface area contributed by atoms with Crippen molar-refractivity contribution in [1.82, 2.24) is 5.32 Å². The van der Waals surface area contributed by atoms with Crippen LogP contribution in [0.2, 0.25) is 10.0 Å². The minimum atomic E-state index is -0.123. The Hall–Kier alpha value is -1.82. The van der Waals surface area contributed by atoms with E-state index in [9.17, 15) is 4.79 Å². The molecule has 0 spiro atoms. The Morgan fingerprint density at radius 1 is 1.03 bits per heavy atom. The number of nitrogens with one attached hydrogen (secondary N) is 1. The normalized spacial score (nSPS) is 16.1. The van der Waals surface area contributed by atoms with Crippen LogP contribution in [0.5, 0.6) is 17.2 Å². The van der Waals surface area contributed by atoms with Gasteiger partial charge in [0.05, 0.1) is 6.61 Å². The molecular formula is C30H28Cl2NNaO3. The topological polar surface area (TPSA) is 47.6 Å². The van der Waals surface area contributed by atoms with Gasteiger partial charge in [0.15, 0.2) is 0 Å². The predicted octanol–water partition coefficient (Wildman–Crippen LogP) is 4.85. The summed E-state index contributed by atoms with van der Waals surface area (Å²) in [6.45, 7) is 1.21. The molecular weight excluding hydrogens is 516 g/mol. The van der Waals surface area contributed by atoms with Gasteiger partial charge in [0.2, 0.25) is 0 Å². The van der Waals surface area contributed by atoms with Gasteiger partial charge in [0.25, 0.3) is 5.91 Å². The molecule has 0 unspecified atom stereocenters. The number of ether oxygens (including phenoxy) is 2. The molecule has 0 aromatic heterocycles. The van der Waals surface area contributed by atoms with Gasteiger partial charge < -0.3 is 14.8 Å². The van der Waals surface area contributed by atoms with Gasteiger partial charge in [-0.15, -0.1) is 5.56 Å². The van der Waals surface area contributed by atoms with Crippen molar-refractivity contribution >= 4 is 29.1 Å². The van der Waals surface area contributed by atoms with Crippen LogP contribution in [-0.4, -0.2) is 19.1 Å². The number of hydrogen-bond donors (Lipinski definition) is 1. The van der Waals surface area contributed by atoms with Gasteiger partial charge in [-0.05, 0) is 97.9 Å². The number of carbonyl (C=O) groups is 1. The maximum Gasteiger partial charge on any atom is 1.00 e. The van der Waals surface area contributed by atoms with Gasteiger partial charge in [-0.1, -0.05) is 34.8 Å². The Morgan fingerprint density at radius 3 is 2.49 bits per heavy atom. The van der Waals surface area contributed by atoms with Crippen molar-refractivity contribution < 1.29 is 43.8 Å². The summed E-state index contributed by atoms with van der Waals surface area (Å²) in [5, 5.41) is 4.18. The number of rotatable bonds is 8. The van der Waals surface area contributed by atoms with Gasteiger partial charge in [-0.2, -0.15) is 12.5 Å². The van der Waals surface area contributed by atoms with E-state index in [1.807, 2.05) is 30.3 Å². The number of fused-ring (bicyclic) bond motifs is 1. The molecule has 0 bridgehead atoms. The first-order valence-corrected chi connectivity index (χ1v) is 13.5. The zero-order valence-corrected chi connectivity index (χ0v) is 24.5. The monoisotopic (exact) mass is 543 g/mol. The fourth-order valence-electron chi connectivity index (χ4n) is 4.88. The predicted molar refractivity (Wildman–Crippen MR) is 143 cm³/mol. The second kappa shape index (κ2) is 11.5. The van der Waals surface area contributed by atoms with E-state index in [1.54, 1.807) is 12.1 Å². The van der Waals surface area contributed by atoms with Crippen molar-refractivity contribution in [2.75, 3.05) is 13.2 Å². The van der Waals surface area contributed by atoms with Crippen LogP contribution in [0, 0.1) is 6.42 Å². The summed E-state index contributed by atoms with van der Waals surface area (Å²) < 4.78 is 12.7. The van der Waals surface area contributed by atoms with Crippen LogP contribution in [0.1, 0.15) is 76.6 Å². The summed E-state index contributed by atoms with van der Waals surface area (Å²) in [6, 6.07) is 15.1. The van der Waals surface area contributed by atoms with Crippen molar-refractivity contribution in [3.8, 4) is 17.2 Å². The van der Waals surface area contributed by atoms with Crippen LogP contribution in [0.15, 0.2) is 48.5 Å². The number of benzene rings is 3. The van der Waals surface area contributed by atoms with Gasteiger partial charge in [-0.3, -0.25) is 4.79 Å². The van der Waals surface area contributed by atoms with E-state index in [0.29, 0.717) is 40.4 Å². The summed E-state index contributed by atoms with van der Waals surface area (Å²) >= 11 is 12.2. The van der Waals surface area contributed by atoms with Crippen molar-refractivity contribution in [2.24, 2.45) is 0 Å². The number of amides is 1. The third-order valence-corrected chi connectivity index (χ3v) is 7.67. The fraction of sp³-hybridized carbons (Fsp3) is 0.333. The molecule has 3 aromatic rings. The molecule has 1 aliphatic heterocycles. The van der Waals surface area contributed by atoms with Crippen molar-refractivity contribution in [3.63, 3.8) is 0 Å². The first-order chi connectivity index (χ1) is 17.6. The summed E-state index contributed by atoms with van der Waals surface area (Å²) in [5.74, 6) is 3.69. The molecule has 2 fully saturated rings. The molecule has 1 N–H and O–H groups in total. The Morgan fingerprint density at radius 2 is 1.78 bits per heavy atom. The van der Waals surface area contributed by atoms with E-state index < -0.39 is 0 Å². The van der Waals surface area contributed by atoms with Gasteiger partial charge >= 0.3 is 29.6 Å². The molecule has 7 heteroatoms. The number of halogens is 2. The molecule has 2 saturated carbocycles. The molecule has 1 amide bonds. The Bertz CT molecular complexity index is 1300. The van der Waals surface area contributed by atoms with Crippen molar-refractivity contribution in [3.05, 3.63) is 92.8 Å². The van der Waals surface area contributed by atoms with Crippen LogP contribution < -0.4 is 44.3 Å². The van der Waals surface area contributed by atoms with E-state index in [1.165, 1.54) is 42.4 Å². The van der Waals surface area contributed by atoms with Crippen molar-refractivity contribution in [2.45, 2.75) is 50.4 Å². The smallest absolute Gasteiger partial charge is 0.551 e. The Balaban J connectivity index is 0.00000280. The molecule has 0 radical (unpaired) electrons. The SMILES string of the molecule is O=C(NCCc1ccc(Cl)cc1Cl)c1ccc(Oc2c(C3CC3)cc3c(c2C2CC2)OCC[CH-]3)cc1.[Na+]. The van der Waals surface area contributed by atoms with Crippen LogP contribution in [-0.2, 0) is 6.42 Å². The molecule has 0 atom stereocenters. The second-order valence-corrected chi connectivity index (χ2v) is 10.7. The second-order valence-electron chi connectivity index (χ2n) is 9.88. The summed E-state index contributed by atoms with van der Waals surface area (Å²) in [6.07, 6.45) is 8.67. The molecule has 6 rings (SSSR count). The van der Waals surface area contributed by atoms with Crippen LogP contribution in [0.4, 0.5) is 0 Å². The van der Waals surface area contributed by atoms with E-state index >= 15 is 0 Å². The van der Waals surface area contributed by atoms with Crippen LogP contribution in [0.3, 0.4) is 0 Å². The molecule has 1 heterocycles. The zero-order valence-electron chi connectivity index (χ0n) is 21.0. The minimum absolute atomic E-state index is 0. The summed E-state index contributed by atoms with van der Waals surface area (Å²) in [7, 11) is 0. The Kier molecular flexibility index (Phi) is 8.33. The van der Waals surface area contributed by atoms with Crippen LogP contribution in [0.25, 0.3) is 0 Å². The van der Waals surface area contributed by atoms with E-state index in [4.69, 9.17) is 32.7 Å². The third kappa shape index (κ3) is 6.10. The minimum Gasteiger partial charge on any atom is -0.551 e. The molecule has 3 aliphatic rings. The first-order valence-electron chi connectivity index (χ1n) is 12.7. The van der Waals surface area contributed by atoms with Crippen molar-refractivity contribution in [1.29, 1.82) is 0 Å². The molecule has 0 saturated heterocycles. The zero-order chi connectivity index (χ0) is 24.6. The molecule has 186 valence electrons. The molecule has 37 heavy (non-hydrogen) atoms. The van der Waals surface area contributed by atoms with E-state index in [-0.39, 0.29) is 35.5 Å². The molecule has 2 aliphatic carbocycles. The largest absolute Gasteiger partial charge is 1.00 e. The van der Waals surface area contributed by atoms with Crippen LogP contribution >= 0.6 is 23.2 Å². The summed E-state index contributed by atoms with van der Waals surface area (Å²) in [5.41, 5.74) is 5.32. The van der Waals surface area contributed by atoms with E-state index in [2.05, 4.69) is 17.8 Å². The fourth-order valence-corrected chi connectivity index (χ4v) is 5.39. The number of hydrogen-bond acceptors (Lipinski definition) is 3. The standard InChI is InChI=1S/C30H28Cl2NO3.Na/c31-23-10-7-19(26(32)17-23)13-14-33-30(34)21-8-11-24(12-9-21)36-29-25(18-3-4-18)16-22-2-1-15-35-28(22)27(29)20-5-6-20;/h2,7-12,16-18,20H,1,3-6,13-15H2,(H,33,34);/q-1;+1. The average molecular weight is 544 g/mol. The van der Waals surface area contributed by atoms with Gasteiger partial charge in [-0.25, -0.2) is 0 Å². The first kappa shape index (κ1) is 26.8. The maximum atomic E-state index is 12.7. The molecule has 4 nitrogen and oxygen atoms in total. The van der Waals surface area contributed by atoms with Gasteiger partial charge in [0, 0.05) is 27.9 Å².